The van der Waals surface area contributed by atoms with E-state index in [1.165, 1.54) is 29.5 Å². The zero-order valence-electron chi connectivity index (χ0n) is 9.96. The normalized spacial score (nSPS) is 13.9. The minimum atomic E-state index is 1.18. The topological polar surface area (TPSA) is 0 Å². The van der Waals surface area contributed by atoms with Crippen LogP contribution in [0.25, 0.3) is 5.57 Å². The van der Waals surface area contributed by atoms with E-state index in [4.69, 9.17) is 0 Å². The third-order valence-electron chi connectivity index (χ3n) is 2.38. The summed E-state index contributed by atoms with van der Waals surface area (Å²) < 4.78 is 0. The SMILES string of the molecule is CC.Cc1ccc(C2=CCCC=C2)cc1. The van der Waals surface area contributed by atoms with Crippen molar-refractivity contribution in [3.63, 3.8) is 0 Å². The third-order valence-corrected chi connectivity index (χ3v) is 2.38. The van der Waals surface area contributed by atoms with Gasteiger partial charge in [-0.15, -0.1) is 0 Å². The molecule has 0 radical (unpaired) electrons. The Morgan fingerprint density at radius 3 is 2.13 bits per heavy atom. The van der Waals surface area contributed by atoms with Gasteiger partial charge in [0.2, 0.25) is 0 Å². The minimum absolute atomic E-state index is 1.18. The van der Waals surface area contributed by atoms with E-state index in [0.29, 0.717) is 0 Å². The largest absolute Gasteiger partial charge is 0.0836 e. The van der Waals surface area contributed by atoms with Gasteiger partial charge in [0.25, 0.3) is 0 Å². The Kier molecular flexibility index (Phi) is 4.89. The maximum atomic E-state index is 2.31. The molecular formula is C15H20. The number of aryl methyl sites for hydroxylation is 1. The predicted molar refractivity (Wildman–Crippen MR) is 68.9 cm³/mol. The fourth-order valence-electron chi connectivity index (χ4n) is 1.57. The molecule has 0 bridgehead atoms. The first-order chi connectivity index (χ1) is 7.36. The van der Waals surface area contributed by atoms with Crippen LogP contribution in [0.3, 0.4) is 0 Å². The first kappa shape index (κ1) is 11.8. The van der Waals surface area contributed by atoms with Crippen molar-refractivity contribution in [2.75, 3.05) is 0 Å². The summed E-state index contributed by atoms with van der Waals surface area (Å²) >= 11 is 0. The fraction of sp³-hybridized carbons (Fsp3) is 0.333. The Morgan fingerprint density at radius 1 is 0.933 bits per heavy atom. The number of hydrogen-bond donors (Lipinski definition) is 0. The van der Waals surface area contributed by atoms with Crippen molar-refractivity contribution in [3.8, 4) is 0 Å². The van der Waals surface area contributed by atoms with Crippen LogP contribution in [0.15, 0.2) is 42.5 Å². The summed E-state index contributed by atoms with van der Waals surface area (Å²) in [5.74, 6) is 0. The number of allylic oxidation sites excluding steroid dienone is 4. The fourth-order valence-corrected chi connectivity index (χ4v) is 1.57. The van der Waals surface area contributed by atoms with E-state index in [9.17, 15) is 0 Å². The maximum Gasteiger partial charge on any atom is -0.0187 e. The molecule has 0 aliphatic heterocycles. The molecule has 0 spiro atoms. The molecule has 15 heavy (non-hydrogen) atoms. The molecule has 80 valence electrons. The van der Waals surface area contributed by atoms with Crippen LogP contribution in [0.5, 0.6) is 0 Å². The van der Waals surface area contributed by atoms with E-state index in [0.717, 1.165) is 0 Å². The van der Waals surface area contributed by atoms with E-state index < -0.39 is 0 Å². The second kappa shape index (κ2) is 6.23. The maximum absolute atomic E-state index is 2.31. The Balaban J connectivity index is 0.000000531. The van der Waals surface area contributed by atoms with Gasteiger partial charge in [-0.25, -0.2) is 0 Å². The summed E-state index contributed by atoms with van der Waals surface area (Å²) in [6, 6.07) is 8.71. The standard InChI is InChI=1S/C13H14.C2H6/c1-11-7-9-13(10-8-11)12-5-3-2-4-6-12;1-2/h3,5-10H,2,4H2,1H3;1-2H3. The predicted octanol–water partition coefficient (Wildman–Crippen LogP) is 4.75. The molecule has 1 aliphatic carbocycles. The van der Waals surface area contributed by atoms with Crippen molar-refractivity contribution in [1.82, 2.24) is 0 Å². The van der Waals surface area contributed by atoms with Gasteiger partial charge in [0.15, 0.2) is 0 Å². The highest BCUT2D eigenvalue weighted by Crippen LogP contribution is 2.21. The van der Waals surface area contributed by atoms with Crippen LogP contribution < -0.4 is 0 Å². The van der Waals surface area contributed by atoms with Gasteiger partial charge < -0.3 is 0 Å². The second-order valence-electron chi connectivity index (χ2n) is 3.51. The lowest BCUT2D eigenvalue weighted by Gasteiger charge is -2.06. The molecule has 0 heterocycles. The van der Waals surface area contributed by atoms with Crippen LogP contribution >= 0.6 is 0 Å². The van der Waals surface area contributed by atoms with E-state index >= 15 is 0 Å². The van der Waals surface area contributed by atoms with Gasteiger partial charge in [-0.3, -0.25) is 0 Å². The third kappa shape index (κ3) is 3.39. The smallest absolute Gasteiger partial charge is 0.0187 e. The molecule has 0 fully saturated rings. The van der Waals surface area contributed by atoms with Crippen LogP contribution in [-0.2, 0) is 0 Å². The lowest BCUT2D eigenvalue weighted by molar-refractivity contribution is 1.04. The van der Waals surface area contributed by atoms with Crippen LogP contribution in [-0.4, -0.2) is 0 Å². The molecule has 0 nitrogen and oxygen atoms in total. The lowest BCUT2D eigenvalue weighted by Crippen LogP contribution is -1.85. The molecule has 2 rings (SSSR count). The molecular weight excluding hydrogens is 180 g/mol. The zero-order valence-corrected chi connectivity index (χ0v) is 9.96. The molecule has 0 aromatic heterocycles. The van der Waals surface area contributed by atoms with E-state index in [2.05, 4.69) is 49.4 Å². The van der Waals surface area contributed by atoms with Gasteiger partial charge in [0.05, 0.1) is 0 Å². The highest BCUT2D eigenvalue weighted by atomic mass is 14.0. The summed E-state index contributed by atoms with van der Waals surface area (Å²) in [6.07, 6.45) is 9.14. The van der Waals surface area contributed by atoms with Crippen LogP contribution in [0.2, 0.25) is 0 Å². The van der Waals surface area contributed by atoms with Crippen molar-refractivity contribution in [3.05, 3.63) is 53.6 Å². The van der Waals surface area contributed by atoms with Gasteiger partial charge in [-0.1, -0.05) is 61.9 Å². The highest BCUT2D eigenvalue weighted by Gasteiger charge is 1.99. The van der Waals surface area contributed by atoms with E-state index in [1.54, 1.807) is 0 Å². The number of rotatable bonds is 1. The minimum Gasteiger partial charge on any atom is -0.0836 e. The van der Waals surface area contributed by atoms with Crippen LogP contribution in [0, 0.1) is 6.92 Å². The molecule has 1 aromatic rings. The molecule has 0 amide bonds. The second-order valence-corrected chi connectivity index (χ2v) is 3.51. The van der Waals surface area contributed by atoms with Crippen molar-refractivity contribution < 1.29 is 0 Å². The average molecular weight is 200 g/mol. The first-order valence-electron chi connectivity index (χ1n) is 5.80. The highest BCUT2D eigenvalue weighted by molar-refractivity contribution is 5.74. The van der Waals surface area contributed by atoms with Gasteiger partial charge in [0.1, 0.15) is 0 Å². The van der Waals surface area contributed by atoms with Gasteiger partial charge >= 0.3 is 0 Å². The van der Waals surface area contributed by atoms with Gasteiger partial charge in [-0.05, 0) is 30.9 Å². The average Bonchev–Trinajstić information content (AvgIpc) is 2.34. The molecule has 1 aromatic carbocycles. The Bertz CT molecular complexity index is 339. The van der Waals surface area contributed by atoms with Crippen LogP contribution in [0.1, 0.15) is 37.8 Å². The zero-order chi connectivity index (χ0) is 11.1. The monoisotopic (exact) mass is 200 g/mol. The van der Waals surface area contributed by atoms with E-state index in [1.807, 2.05) is 13.8 Å². The van der Waals surface area contributed by atoms with Crippen LogP contribution in [0.4, 0.5) is 0 Å². The van der Waals surface area contributed by atoms with Gasteiger partial charge in [0, 0.05) is 0 Å². The first-order valence-corrected chi connectivity index (χ1v) is 5.80. The number of benzene rings is 1. The van der Waals surface area contributed by atoms with Crippen molar-refractivity contribution in [1.29, 1.82) is 0 Å². The lowest BCUT2D eigenvalue weighted by atomic mass is 9.99. The molecule has 0 heteroatoms. The summed E-state index contributed by atoms with van der Waals surface area (Å²) in [5, 5.41) is 0. The van der Waals surface area contributed by atoms with Crippen molar-refractivity contribution in [2.45, 2.75) is 33.6 Å². The molecule has 0 unspecified atom stereocenters. The molecule has 0 N–H and O–H groups in total. The summed E-state index contributed by atoms with van der Waals surface area (Å²) in [5.41, 5.74) is 4.02. The number of hydrogen-bond acceptors (Lipinski definition) is 0. The molecule has 0 atom stereocenters. The summed E-state index contributed by atoms with van der Waals surface area (Å²) in [6.45, 7) is 6.12. The summed E-state index contributed by atoms with van der Waals surface area (Å²) in [4.78, 5) is 0. The molecule has 1 aliphatic rings. The Labute approximate surface area is 93.3 Å². The van der Waals surface area contributed by atoms with Crippen molar-refractivity contribution in [2.24, 2.45) is 0 Å². The molecule has 0 saturated heterocycles. The Morgan fingerprint density at radius 2 is 1.60 bits per heavy atom. The van der Waals surface area contributed by atoms with Gasteiger partial charge in [-0.2, -0.15) is 0 Å². The van der Waals surface area contributed by atoms with Crippen molar-refractivity contribution >= 4 is 5.57 Å². The Hall–Kier alpha value is -1.30. The summed E-state index contributed by atoms with van der Waals surface area (Å²) in [7, 11) is 0. The molecule has 0 saturated carbocycles. The van der Waals surface area contributed by atoms with E-state index in [-0.39, 0.29) is 0 Å². The quantitative estimate of drug-likeness (QED) is 0.613.